The maximum Gasteiger partial charge on any atom is 0.248 e. The number of sulfone groups is 1. The first-order valence-corrected chi connectivity index (χ1v) is 13.2. The molecular weight excluding hydrogens is 440 g/mol. The molecule has 160 valence electrons. The van der Waals surface area contributed by atoms with Crippen molar-refractivity contribution in [3.8, 4) is 0 Å². The lowest BCUT2D eigenvalue weighted by Gasteiger charge is -2.05. The Morgan fingerprint density at radius 3 is 2.67 bits per heavy atom. The minimum atomic E-state index is -3.39. The zero-order valence-electron chi connectivity index (χ0n) is 16.9. The minimum absolute atomic E-state index is 0.0779. The number of methoxy groups -OCH3 is 1. The maximum absolute atomic E-state index is 12.5. The van der Waals surface area contributed by atoms with Crippen molar-refractivity contribution in [1.82, 2.24) is 4.57 Å². The Kier molecular flexibility index (Phi) is 7.87. The summed E-state index contributed by atoms with van der Waals surface area (Å²) < 4.78 is 33.0. The zero-order valence-corrected chi connectivity index (χ0v) is 19.4. The topological polar surface area (TPSA) is 77.7 Å². The summed E-state index contributed by atoms with van der Waals surface area (Å²) >= 11 is 3.12. The molecule has 9 heteroatoms. The van der Waals surface area contributed by atoms with Crippen molar-refractivity contribution < 1.29 is 17.9 Å². The number of rotatable bonds is 9. The van der Waals surface area contributed by atoms with Crippen LogP contribution in [-0.2, 0) is 25.9 Å². The van der Waals surface area contributed by atoms with Gasteiger partial charge in [0.15, 0.2) is 14.6 Å². The van der Waals surface area contributed by atoms with Gasteiger partial charge in [-0.3, -0.25) is 4.79 Å². The van der Waals surface area contributed by atoms with Crippen LogP contribution in [0.3, 0.4) is 0 Å². The van der Waals surface area contributed by atoms with E-state index < -0.39 is 9.84 Å². The molecule has 6 nitrogen and oxygen atoms in total. The molecule has 3 rings (SSSR count). The van der Waals surface area contributed by atoms with Crippen molar-refractivity contribution in [3.05, 3.63) is 53.3 Å². The van der Waals surface area contributed by atoms with Gasteiger partial charge in [0.05, 0.1) is 27.5 Å². The number of aromatic nitrogens is 1. The van der Waals surface area contributed by atoms with Gasteiger partial charge in [0, 0.05) is 25.0 Å². The van der Waals surface area contributed by atoms with E-state index in [4.69, 9.17) is 4.74 Å². The Hall–Kier alpha value is -1.94. The fraction of sp³-hybridized carbons (Fsp3) is 0.333. The molecule has 0 aliphatic rings. The van der Waals surface area contributed by atoms with Gasteiger partial charge in [-0.15, -0.1) is 11.8 Å². The molecule has 1 aromatic heterocycles. The van der Waals surface area contributed by atoms with Crippen LogP contribution in [0.5, 0.6) is 0 Å². The number of fused-ring (bicyclic) bond motifs is 1. The molecule has 0 fully saturated rings. The Balaban J connectivity index is 1.77. The molecule has 0 saturated heterocycles. The maximum atomic E-state index is 12.5. The molecule has 1 amide bonds. The number of ether oxygens (including phenoxy) is 1. The second-order valence-corrected chi connectivity index (χ2v) is 10.6. The van der Waals surface area contributed by atoms with Crippen molar-refractivity contribution in [2.24, 2.45) is 4.99 Å². The van der Waals surface area contributed by atoms with Gasteiger partial charge >= 0.3 is 0 Å². The van der Waals surface area contributed by atoms with Gasteiger partial charge < -0.3 is 9.30 Å². The molecular formula is C21H24N2O4S3. The molecule has 0 N–H and O–H groups in total. The van der Waals surface area contributed by atoms with E-state index in [0.29, 0.717) is 18.0 Å². The Morgan fingerprint density at radius 2 is 1.97 bits per heavy atom. The summed E-state index contributed by atoms with van der Waals surface area (Å²) in [5.74, 6) is -0.396. The normalized spacial score (nSPS) is 12.5. The standard InChI is InChI=1S/C21H24N2O4S3/c1-27-13-12-23-18-11-10-16(28-2)15-19(18)29-21(23)22-20(24)9-6-14-30(25,26)17-7-4-3-5-8-17/h3-5,7-8,10-11,15H,6,9,12-14H2,1-2H3. The molecule has 0 radical (unpaired) electrons. The number of amides is 1. The largest absolute Gasteiger partial charge is 0.383 e. The highest BCUT2D eigenvalue weighted by atomic mass is 32.2. The number of carbonyl (C=O) groups excluding carboxylic acids is 1. The minimum Gasteiger partial charge on any atom is -0.383 e. The third-order valence-electron chi connectivity index (χ3n) is 4.54. The highest BCUT2D eigenvalue weighted by Gasteiger charge is 2.15. The number of thioether (sulfide) groups is 1. The first kappa shape index (κ1) is 22.7. The molecule has 0 aliphatic carbocycles. The van der Waals surface area contributed by atoms with Gasteiger partial charge in [0.2, 0.25) is 5.91 Å². The predicted molar refractivity (Wildman–Crippen MR) is 122 cm³/mol. The molecule has 0 aliphatic heterocycles. The van der Waals surface area contributed by atoms with Gasteiger partial charge in [0.25, 0.3) is 0 Å². The Morgan fingerprint density at radius 1 is 1.20 bits per heavy atom. The van der Waals surface area contributed by atoms with E-state index in [1.807, 2.05) is 23.0 Å². The molecule has 0 unspecified atom stereocenters. The predicted octanol–water partition coefficient (Wildman–Crippen LogP) is 3.75. The van der Waals surface area contributed by atoms with Crippen molar-refractivity contribution >= 4 is 49.1 Å². The highest BCUT2D eigenvalue weighted by Crippen LogP contribution is 2.24. The van der Waals surface area contributed by atoms with Crippen LogP contribution in [0.2, 0.25) is 0 Å². The summed E-state index contributed by atoms with van der Waals surface area (Å²) in [6.07, 6.45) is 2.34. The fourth-order valence-electron chi connectivity index (χ4n) is 2.99. The lowest BCUT2D eigenvalue weighted by atomic mass is 10.3. The summed E-state index contributed by atoms with van der Waals surface area (Å²) in [5, 5.41) is 0. The van der Waals surface area contributed by atoms with Crippen LogP contribution in [0.1, 0.15) is 12.8 Å². The average Bonchev–Trinajstić information content (AvgIpc) is 3.08. The van der Waals surface area contributed by atoms with E-state index in [1.54, 1.807) is 49.2 Å². The van der Waals surface area contributed by atoms with Gasteiger partial charge in [-0.1, -0.05) is 29.5 Å². The third kappa shape index (κ3) is 5.60. The van der Waals surface area contributed by atoms with E-state index in [1.165, 1.54) is 11.3 Å². The smallest absolute Gasteiger partial charge is 0.248 e. The van der Waals surface area contributed by atoms with Crippen molar-refractivity contribution in [3.63, 3.8) is 0 Å². The summed E-state index contributed by atoms with van der Waals surface area (Å²) in [7, 11) is -1.76. The van der Waals surface area contributed by atoms with Crippen molar-refractivity contribution in [1.29, 1.82) is 0 Å². The quantitative estimate of drug-likeness (QED) is 0.451. The molecule has 0 atom stereocenters. The van der Waals surface area contributed by atoms with Crippen LogP contribution in [-0.4, -0.2) is 44.6 Å². The first-order chi connectivity index (χ1) is 14.4. The third-order valence-corrected chi connectivity index (χ3v) is 8.12. The summed E-state index contributed by atoms with van der Waals surface area (Å²) in [6.45, 7) is 1.09. The molecule has 0 saturated carbocycles. The van der Waals surface area contributed by atoms with Crippen LogP contribution in [0, 0.1) is 0 Å². The molecule has 0 bridgehead atoms. The first-order valence-electron chi connectivity index (χ1n) is 9.46. The van der Waals surface area contributed by atoms with Crippen LogP contribution in [0.15, 0.2) is 63.3 Å². The highest BCUT2D eigenvalue weighted by molar-refractivity contribution is 7.98. The number of benzene rings is 2. The van der Waals surface area contributed by atoms with Crippen molar-refractivity contribution in [2.45, 2.75) is 29.2 Å². The molecule has 0 spiro atoms. The molecule has 30 heavy (non-hydrogen) atoms. The molecule has 1 heterocycles. The van der Waals surface area contributed by atoms with Crippen LogP contribution < -0.4 is 4.80 Å². The second-order valence-electron chi connectivity index (χ2n) is 6.60. The monoisotopic (exact) mass is 464 g/mol. The van der Waals surface area contributed by atoms with Gasteiger partial charge in [-0.05, 0) is 43.0 Å². The summed E-state index contributed by atoms with van der Waals surface area (Å²) in [6, 6.07) is 14.5. The number of nitrogens with zero attached hydrogens (tertiary/aromatic N) is 2. The fourth-order valence-corrected chi connectivity index (χ4v) is 5.95. The summed E-state index contributed by atoms with van der Waals surface area (Å²) in [5.41, 5.74) is 1.01. The van der Waals surface area contributed by atoms with E-state index in [2.05, 4.69) is 11.1 Å². The Bertz CT molecular complexity index is 1180. The van der Waals surface area contributed by atoms with Crippen LogP contribution >= 0.6 is 23.1 Å². The Labute approximate surface area is 184 Å². The van der Waals surface area contributed by atoms with Crippen molar-refractivity contribution in [2.75, 3.05) is 25.7 Å². The van der Waals surface area contributed by atoms with Gasteiger partial charge in [-0.25, -0.2) is 8.42 Å². The number of hydrogen-bond donors (Lipinski definition) is 0. The lowest BCUT2D eigenvalue weighted by molar-refractivity contribution is -0.118. The van der Waals surface area contributed by atoms with Gasteiger partial charge in [-0.2, -0.15) is 4.99 Å². The number of hydrogen-bond acceptors (Lipinski definition) is 6. The molecule has 3 aromatic rings. The van der Waals surface area contributed by atoms with Gasteiger partial charge in [0.1, 0.15) is 0 Å². The lowest BCUT2D eigenvalue weighted by Crippen LogP contribution is -2.19. The van der Waals surface area contributed by atoms with E-state index >= 15 is 0 Å². The number of carbonyl (C=O) groups is 1. The van der Waals surface area contributed by atoms with Crippen LogP contribution in [0.25, 0.3) is 10.2 Å². The second kappa shape index (κ2) is 10.4. The summed E-state index contributed by atoms with van der Waals surface area (Å²) in [4.78, 5) is 18.8. The van der Waals surface area contributed by atoms with E-state index in [9.17, 15) is 13.2 Å². The average molecular weight is 465 g/mol. The van der Waals surface area contributed by atoms with E-state index in [0.717, 1.165) is 15.1 Å². The number of thiazole rings is 1. The van der Waals surface area contributed by atoms with E-state index in [-0.39, 0.29) is 29.4 Å². The van der Waals surface area contributed by atoms with Crippen LogP contribution in [0.4, 0.5) is 0 Å². The SMILES string of the molecule is COCCn1c(=NC(=O)CCCS(=O)(=O)c2ccccc2)sc2cc(SC)ccc21. The zero-order chi connectivity index (χ0) is 21.6. The molecule has 2 aromatic carbocycles.